The average molecular weight is 420 g/mol. The predicted molar refractivity (Wildman–Crippen MR) is 116 cm³/mol. The smallest absolute Gasteiger partial charge is 0.224 e. The maximum atomic E-state index is 12.9. The fraction of sp³-hybridized carbons (Fsp3) is 0.381. The van der Waals surface area contributed by atoms with Crippen molar-refractivity contribution in [2.24, 2.45) is 4.99 Å². The van der Waals surface area contributed by atoms with Gasteiger partial charge in [0.05, 0.1) is 12.3 Å². The Hall–Kier alpha value is -2.67. The van der Waals surface area contributed by atoms with Crippen molar-refractivity contribution in [2.75, 3.05) is 18.9 Å². The van der Waals surface area contributed by atoms with Crippen LogP contribution in [0.4, 0.5) is 15.9 Å². The number of nitrogens with one attached hydrogen (secondary N) is 1. The molecule has 1 aromatic carbocycles. The Labute approximate surface area is 176 Å². The molecule has 2 rings (SSSR count). The first-order chi connectivity index (χ1) is 14.0. The Morgan fingerprint density at radius 3 is 2.76 bits per heavy atom. The van der Waals surface area contributed by atoms with E-state index in [0.29, 0.717) is 30.4 Å². The first-order valence-corrected chi connectivity index (χ1v) is 9.95. The number of ether oxygens (including phenoxy) is 1. The Kier molecular flexibility index (Phi) is 9.37. The van der Waals surface area contributed by atoms with Gasteiger partial charge < -0.3 is 15.8 Å². The van der Waals surface area contributed by atoms with E-state index in [1.165, 1.54) is 12.1 Å². The zero-order valence-electron chi connectivity index (χ0n) is 16.6. The second-order valence-corrected chi connectivity index (χ2v) is 6.89. The lowest BCUT2D eigenvalue weighted by Crippen LogP contribution is -2.18. The predicted octanol–water partition coefficient (Wildman–Crippen LogP) is 4.74. The molecule has 0 saturated carbocycles. The lowest BCUT2D eigenvalue weighted by Gasteiger charge is -2.11. The summed E-state index contributed by atoms with van der Waals surface area (Å²) in [7, 11) is 0. The Balaban J connectivity index is 1.52. The lowest BCUT2D eigenvalue weighted by atomic mass is 10.1. The quantitative estimate of drug-likeness (QED) is 0.224. The molecule has 2 aromatic rings. The average Bonchev–Trinajstić information content (AvgIpc) is 2.67. The molecule has 0 atom stereocenters. The summed E-state index contributed by atoms with van der Waals surface area (Å²) in [6.07, 6.45) is 6.37. The summed E-state index contributed by atoms with van der Waals surface area (Å²) in [5.74, 6) is 0.624. The molecule has 0 aliphatic carbocycles. The molecule has 0 saturated heterocycles. The topological polar surface area (TPSA) is 85.4 Å². The van der Waals surface area contributed by atoms with E-state index in [2.05, 4.69) is 26.9 Å². The highest BCUT2D eigenvalue weighted by Gasteiger charge is 2.06. The molecule has 0 amide bonds. The second-order valence-electron chi connectivity index (χ2n) is 6.55. The third kappa shape index (κ3) is 8.48. The summed E-state index contributed by atoms with van der Waals surface area (Å²) in [6, 6.07) is 6.48. The summed E-state index contributed by atoms with van der Waals surface area (Å²) in [5, 5.41) is 3.25. The number of benzene rings is 1. The summed E-state index contributed by atoms with van der Waals surface area (Å²) >= 11 is 5.75. The molecule has 0 radical (unpaired) electrons. The number of nitrogens with zero attached hydrogens (tertiary/aromatic N) is 3. The highest BCUT2D eigenvalue weighted by atomic mass is 35.5. The van der Waals surface area contributed by atoms with Crippen LogP contribution in [0.5, 0.6) is 0 Å². The molecular weight excluding hydrogens is 393 g/mol. The van der Waals surface area contributed by atoms with Crippen LogP contribution < -0.4 is 11.1 Å². The first kappa shape index (κ1) is 22.6. The van der Waals surface area contributed by atoms with E-state index in [1.54, 1.807) is 19.1 Å². The third-order valence-corrected chi connectivity index (χ3v) is 4.35. The molecule has 0 bridgehead atoms. The number of unbranched alkanes of at least 4 members (excludes halogenated alkanes) is 3. The second kappa shape index (κ2) is 12.0. The molecular formula is C21H27ClFN5O. The van der Waals surface area contributed by atoms with E-state index in [4.69, 9.17) is 22.1 Å². The number of aryl methyl sites for hydroxylation is 1. The number of hydrogen-bond acceptors (Lipinski definition) is 6. The highest BCUT2D eigenvalue weighted by Crippen LogP contribution is 2.24. The third-order valence-electron chi connectivity index (χ3n) is 4.18. The maximum absolute atomic E-state index is 12.9. The number of hydrogen-bond donors (Lipinski definition) is 2. The van der Waals surface area contributed by atoms with Gasteiger partial charge >= 0.3 is 0 Å². The van der Waals surface area contributed by atoms with Gasteiger partial charge in [0, 0.05) is 12.8 Å². The summed E-state index contributed by atoms with van der Waals surface area (Å²) in [6.45, 7) is 6.96. The number of halogens is 2. The van der Waals surface area contributed by atoms with Gasteiger partial charge in [-0.3, -0.25) is 4.99 Å². The van der Waals surface area contributed by atoms with Crippen molar-refractivity contribution >= 4 is 29.3 Å². The van der Waals surface area contributed by atoms with Gasteiger partial charge in [-0.25, -0.2) is 9.37 Å². The molecule has 6 nitrogen and oxygen atoms in total. The number of nitrogens with two attached hydrogens (primary N) is 1. The van der Waals surface area contributed by atoms with E-state index >= 15 is 0 Å². The normalized spacial score (nSPS) is 11.0. The van der Waals surface area contributed by atoms with Crippen molar-refractivity contribution in [1.82, 2.24) is 15.3 Å². The molecule has 3 N–H and O–H groups in total. The molecule has 0 aliphatic heterocycles. The minimum absolute atomic E-state index is 0.130. The van der Waals surface area contributed by atoms with Crippen LogP contribution in [-0.4, -0.2) is 29.3 Å². The minimum Gasteiger partial charge on any atom is -0.480 e. The fourth-order valence-corrected chi connectivity index (χ4v) is 2.85. The monoisotopic (exact) mass is 419 g/mol. The van der Waals surface area contributed by atoms with Crippen LogP contribution in [0, 0.1) is 12.7 Å². The number of aromatic nitrogens is 2. The van der Waals surface area contributed by atoms with Gasteiger partial charge in [0.25, 0.3) is 0 Å². The summed E-state index contributed by atoms with van der Waals surface area (Å²) in [4.78, 5) is 12.3. The van der Waals surface area contributed by atoms with Gasteiger partial charge in [-0.1, -0.05) is 12.1 Å². The van der Waals surface area contributed by atoms with Crippen LogP contribution in [0.1, 0.15) is 36.9 Å². The molecule has 156 valence electrons. The number of nitrogen functional groups attached to an aromatic ring is 1. The standard InChI is InChI=1S/C21H27ClFN5O/c1-15-19(20(24)28-21(22)27-15)26-12-5-3-4-6-14-29-16(2)25-13-11-17-7-9-18(23)10-8-17/h7-10,12,25H,2-6,11,13-14H2,1H3,(H2,24,27,28)/b26-12-. The number of rotatable bonds is 12. The molecule has 1 aromatic heterocycles. The van der Waals surface area contributed by atoms with Crippen molar-refractivity contribution in [3.63, 3.8) is 0 Å². The minimum atomic E-state index is -0.223. The van der Waals surface area contributed by atoms with Crippen molar-refractivity contribution in [1.29, 1.82) is 0 Å². The Bertz CT molecular complexity index is 803. The largest absolute Gasteiger partial charge is 0.480 e. The molecule has 0 aliphatic rings. The summed E-state index contributed by atoms with van der Waals surface area (Å²) in [5.41, 5.74) is 8.11. The van der Waals surface area contributed by atoms with Crippen LogP contribution in [-0.2, 0) is 11.2 Å². The molecule has 29 heavy (non-hydrogen) atoms. The zero-order chi connectivity index (χ0) is 21.1. The van der Waals surface area contributed by atoms with Crippen molar-refractivity contribution < 1.29 is 9.13 Å². The molecule has 1 heterocycles. The van der Waals surface area contributed by atoms with Crippen LogP contribution >= 0.6 is 11.6 Å². The van der Waals surface area contributed by atoms with Gasteiger partial charge in [-0.15, -0.1) is 0 Å². The van der Waals surface area contributed by atoms with Gasteiger partial charge in [-0.05, 0) is 74.9 Å². The van der Waals surface area contributed by atoms with E-state index in [0.717, 1.165) is 37.7 Å². The van der Waals surface area contributed by atoms with Crippen LogP contribution in [0.25, 0.3) is 0 Å². The van der Waals surface area contributed by atoms with Crippen molar-refractivity contribution in [2.45, 2.75) is 39.0 Å². The van der Waals surface area contributed by atoms with Crippen molar-refractivity contribution in [3.8, 4) is 0 Å². The molecule has 0 unspecified atom stereocenters. The van der Waals surface area contributed by atoms with Crippen LogP contribution in [0.15, 0.2) is 41.7 Å². The Morgan fingerprint density at radius 1 is 1.28 bits per heavy atom. The molecule has 0 fully saturated rings. The fourth-order valence-electron chi connectivity index (χ4n) is 2.63. The van der Waals surface area contributed by atoms with Crippen molar-refractivity contribution in [3.05, 3.63) is 59.1 Å². The highest BCUT2D eigenvalue weighted by molar-refractivity contribution is 6.28. The summed E-state index contributed by atoms with van der Waals surface area (Å²) < 4.78 is 18.4. The van der Waals surface area contributed by atoms with Gasteiger partial charge in [0.15, 0.2) is 11.7 Å². The van der Waals surface area contributed by atoms with E-state index < -0.39 is 0 Å². The number of anilines is 1. The van der Waals surface area contributed by atoms with E-state index in [9.17, 15) is 4.39 Å². The number of aliphatic imine (C=N–C) groups is 1. The van der Waals surface area contributed by atoms with Crippen LogP contribution in [0.3, 0.4) is 0 Å². The SMILES string of the molecule is C=C(NCCc1ccc(F)cc1)OCCCCC/C=N\c1c(C)nc(Cl)nc1N. The first-order valence-electron chi connectivity index (χ1n) is 9.58. The zero-order valence-corrected chi connectivity index (χ0v) is 17.4. The van der Waals surface area contributed by atoms with Gasteiger partial charge in [0.1, 0.15) is 11.5 Å². The molecule has 0 spiro atoms. The van der Waals surface area contributed by atoms with E-state index in [1.807, 2.05) is 6.21 Å². The van der Waals surface area contributed by atoms with E-state index in [-0.39, 0.29) is 16.9 Å². The lowest BCUT2D eigenvalue weighted by molar-refractivity contribution is 0.187. The van der Waals surface area contributed by atoms with Gasteiger partial charge in [-0.2, -0.15) is 4.98 Å². The van der Waals surface area contributed by atoms with Crippen LogP contribution in [0.2, 0.25) is 5.28 Å². The van der Waals surface area contributed by atoms with Gasteiger partial charge in [0.2, 0.25) is 5.28 Å². The maximum Gasteiger partial charge on any atom is 0.224 e. The molecule has 8 heteroatoms. The Morgan fingerprint density at radius 2 is 2.03 bits per heavy atom.